The molecule has 0 bridgehead atoms. The van der Waals surface area contributed by atoms with Crippen molar-refractivity contribution < 1.29 is 52.7 Å². The predicted octanol–water partition coefficient (Wildman–Crippen LogP) is 3.33. The zero-order valence-corrected chi connectivity index (χ0v) is 16.7. The van der Waals surface area contributed by atoms with Gasteiger partial charge in [0, 0.05) is 5.92 Å². The first-order valence-corrected chi connectivity index (χ1v) is 11.2. The summed E-state index contributed by atoms with van der Waals surface area (Å²) in [6, 6.07) is 0. The molecular formula is C14H20F6O6S2. The van der Waals surface area contributed by atoms with Gasteiger partial charge in [0.2, 0.25) is 0 Å². The summed E-state index contributed by atoms with van der Waals surface area (Å²) in [4.78, 5) is 12.1. The number of hydrogen-bond acceptors (Lipinski definition) is 6. The molecule has 2 unspecified atom stereocenters. The molecule has 166 valence electrons. The van der Waals surface area contributed by atoms with Gasteiger partial charge in [0.05, 0.1) is 5.41 Å². The smallest absolute Gasteiger partial charge is 0.462 e. The van der Waals surface area contributed by atoms with Gasteiger partial charge in [-0.05, 0) is 39.5 Å². The second-order valence-electron chi connectivity index (χ2n) is 7.13. The fraction of sp³-hybridized carbons (Fsp3) is 0.929. The topological polar surface area (TPSA) is 94.6 Å². The SMILES string of the molecule is CCC(C)(C)C(=O)OC1CCCC1C(S(=O)(=O)C(F)(F)F)S(=O)(=O)C(F)(F)F. The molecule has 0 saturated heterocycles. The Balaban J connectivity index is 3.49. The Labute approximate surface area is 158 Å². The molecule has 1 saturated carbocycles. The van der Waals surface area contributed by atoms with Crippen molar-refractivity contribution in [1.29, 1.82) is 0 Å². The summed E-state index contributed by atoms with van der Waals surface area (Å²) < 4.78 is 126. The van der Waals surface area contributed by atoms with Crippen molar-refractivity contribution in [3.8, 4) is 0 Å². The first-order chi connectivity index (χ1) is 12.3. The van der Waals surface area contributed by atoms with E-state index in [0.29, 0.717) is 0 Å². The first-order valence-electron chi connectivity index (χ1n) is 8.12. The van der Waals surface area contributed by atoms with E-state index in [1.54, 1.807) is 6.92 Å². The third-order valence-corrected chi connectivity index (χ3v) is 9.54. The highest BCUT2D eigenvalue weighted by atomic mass is 32.3. The molecule has 1 fully saturated rings. The molecule has 0 aromatic rings. The number of hydrogen-bond donors (Lipinski definition) is 0. The normalized spacial score (nSPS) is 22.5. The highest BCUT2D eigenvalue weighted by Gasteiger charge is 2.66. The number of carbonyl (C=O) groups excluding carboxylic acids is 1. The van der Waals surface area contributed by atoms with Gasteiger partial charge in [-0.1, -0.05) is 6.92 Å². The molecule has 1 rings (SSSR count). The van der Waals surface area contributed by atoms with E-state index in [9.17, 15) is 48.0 Å². The van der Waals surface area contributed by atoms with Crippen LogP contribution in [0.25, 0.3) is 0 Å². The number of halogens is 6. The summed E-state index contributed by atoms with van der Waals surface area (Å²) in [5.41, 5.74) is -13.6. The molecule has 0 N–H and O–H groups in total. The minimum atomic E-state index is -6.77. The molecule has 0 amide bonds. The van der Waals surface area contributed by atoms with Crippen LogP contribution in [0.2, 0.25) is 0 Å². The van der Waals surface area contributed by atoms with Gasteiger partial charge in [-0.25, -0.2) is 16.8 Å². The molecule has 1 aliphatic rings. The van der Waals surface area contributed by atoms with Crippen molar-refractivity contribution in [2.24, 2.45) is 11.3 Å². The fourth-order valence-corrected chi connectivity index (χ4v) is 6.80. The van der Waals surface area contributed by atoms with E-state index < -0.39 is 65.1 Å². The molecule has 14 heteroatoms. The maximum atomic E-state index is 13.0. The van der Waals surface area contributed by atoms with Gasteiger partial charge >= 0.3 is 17.0 Å². The number of rotatable bonds is 6. The number of carbonyl (C=O) groups is 1. The molecule has 2 atom stereocenters. The summed E-state index contributed by atoms with van der Waals surface area (Å²) in [7, 11) is -13.5. The molecule has 0 spiro atoms. The molecule has 28 heavy (non-hydrogen) atoms. The number of ether oxygens (including phenoxy) is 1. The summed E-state index contributed by atoms with van der Waals surface area (Å²) in [6.07, 6.45) is -2.45. The summed E-state index contributed by atoms with van der Waals surface area (Å²) >= 11 is 0. The van der Waals surface area contributed by atoms with Crippen molar-refractivity contribution in [1.82, 2.24) is 0 Å². The highest BCUT2D eigenvalue weighted by molar-refractivity contribution is 8.09. The Morgan fingerprint density at radius 3 is 1.75 bits per heavy atom. The number of alkyl halides is 6. The molecule has 0 heterocycles. The van der Waals surface area contributed by atoms with Gasteiger partial charge in [0.25, 0.3) is 19.7 Å². The van der Waals surface area contributed by atoms with Crippen LogP contribution in [0.4, 0.5) is 26.3 Å². The number of esters is 1. The summed E-state index contributed by atoms with van der Waals surface area (Å²) in [6.45, 7) is 4.41. The first kappa shape index (κ1) is 25.0. The van der Waals surface area contributed by atoms with Crippen molar-refractivity contribution in [3.05, 3.63) is 0 Å². The lowest BCUT2D eigenvalue weighted by atomic mass is 9.90. The quantitative estimate of drug-likeness (QED) is 0.444. The standard InChI is InChI=1S/C14H20F6O6S2/c1-4-12(2,3)11(21)26-9-7-5-6-8(9)10(27(22,23)13(15,16)17)28(24,25)14(18,19)20/h8-10H,4-7H2,1-3H3. The van der Waals surface area contributed by atoms with Crippen LogP contribution >= 0.6 is 0 Å². The zero-order chi connectivity index (χ0) is 22.3. The van der Waals surface area contributed by atoms with Gasteiger partial charge < -0.3 is 4.74 Å². The van der Waals surface area contributed by atoms with E-state index in [-0.39, 0.29) is 19.3 Å². The van der Waals surface area contributed by atoms with Crippen LogP contribution in [0.15, 0.2) is 0 Å². The van der Waals surface area contributed by atoms with Crippen LogP contribution in [0.3, 0.4) is 0 Å². The Bertz CT molecular complexity index is 753. The molecule has 0 aromatic heterocycles. The average molecular weight is 462 g/mol. The van der Waals surface area contributed by atoms with Crippen LogP contribution in [-0.4, -0.2) is 44.5 Å². The van der Waals surface area contributed by atoms with Crippen LogP contribution in [-0.2, 0) is 29.2 Å². The van der Waals surface area contributed by atoms with Crippen molar-refractivity contribution in [2.75, 3.05) is 0 Å². The van der Waals surface area contributed by atoms with Crippen LogP contribution in [0.5, 0.6) is 0 Å². The third-order valence-electron chi connectivity index (χ3n) is 4.80. The lowest BCUT2D eigenvalue weighted by Crippen LogP contribution is -2.51. The second kappa shape index (κ2) is 7.65. The van der Waals surface area contributed by atoms with E-state index in [4.69, 9.17) is 4.74 Å². The largest absolute Gasteiger partial charge is 0.498 e. The van der Waals surface area contributed by atoms with Crippen LogP contribution in [0.1, 0.15) is 46.5 Å². The van der Waals surface area contributed by atoms with E-state index in [0.717, 1.165) is 0 Å². The lowest BCUT2D eigenvalue weighted by molar-refractivity contribution is -0.161. The Hall–Kier alpha value is -1.05. The average Bonchev–Trinajstić information content (AvgIpc) is 2.92. The van der Waals surface area contributed by atoms with Gasteiger partial charge in [0.1, 0.15) is 6.10 Å². The molecular weight excluding hydrogens is 442 g/mol. The summed E-state index contributed by atoms with van der Waals surface area (Å²) in [5.74, 6) is -3.17. The zero-order valence-electron chi connectivity index (χ0n) is 15.1. The predicted molar refractivity (Wildman–Crippen MR) is 85.0 cm³/mol. The van der Waals surface area contributed by atoms with Crippen molar-refractivity contribution in [3.63, 3.8) is 0 Å². The molecule has 0 aromatic carbocycles. The van der Waals surface area contributed by atoms with Crippen LogP contribution in [0, 0.1) is 11.3 Å². The highest BCUT2D eigenvalue weighted by Crippen LogP contribution is 2.45. The van der Waals surface area contributed by atoms with Crippen LogP contribution < -0.4 is 0 Å². The van der Waals surface area contributed by atoms with Gasteiger partial charge in [-0.2, -0.15) is 26.3 Å². The van der Waals surface area contributed by atoms with Gasteiger partial charge in [-0.3, -0.25) is 4.79 Å². The van der Waals surface area contributed by atoms with E-state index in [1.165, 1.54) is 13.8 Å². The van der Waals surface area contributed by atoms with Gasteiger partial charge in [-0.15, -0.1) is 0 Å². The Morgan fingerprint density at radius 2 is 1.39 bits per heavy atom. The summed E-state index contributed by atoms with van der Waals surface area (Å²) in [5, 5.41) is 0. The number of sulfone groups is 2. The maximum Gasteiger partial charge on any atom is 0.498 e. The van der Waals surface area contributed by atoms with Crippen molar-refractivity contribution in [2.45, 2.75) is 68.2 Å². The second-order valence-corrected chi connectivity index (χ2v) is 11.5. The molecule has 6 nitrogen and oxygen atoms in total. The molecule has 0 aliphatic heterocycles. The van der Waals surface area contributed by atoms with Gasteiger partial charge in [0.15, 0.2) is 4.58 Å². The van der Waals surface area contributed by atoms with E-state index in [2.05, 4.69) is 0 Å². The van der Waals surface area contributed by atoms with E-state index >= 15 is 0 Å². The lowest BCUT2D eigenvalue weighted by Gasteiger charge is -2.31. The minimum Gasteiger partial charge on any atom is -0.462 e. The molecule has 0 radical (unpaired) electrons. The minimum absolute atomic E-state index is 0.105. The Kier molecular flexibility index (Phi) is 6.83. The maximum absolute atomic E-state index is 13.0. The van der Waals surface area contributed by atoms with E-state index in [1.807, 2.05) is 0 Å². The molecule has 1 aliphatic carbocycles. The Morgan fingerprint density at radius 1 is 0.964 bits per heavy atom. The monoisotopic (exact) mass is 462 g/mol. The third kappa shape index (κ3) is 4.57. The fourth-order valence-electron chi connectivity index (χ4n) is 2.74. The van der Waals surface area contributed by atoms with Crippen molar-refractivity contribution >= 4 is 25.6 Å².